The van der Waals surface area contributed by atoms with E-state index in [2.05, 4.69) is 6.92 Å². The molecule has 0 saturated heterocycles. The fraction of sp³-hybridized carbons (Fsp3) is 0.316. The SMILES string of the molecule is CCCCC(=O)CC(c1ccc(O)cc1)c1ccc(O)cc1. The van der Waals surface area contributed by atoms with Gasteiger partial charge in [0.1, 0.15) is 17.3 Å². The minimum atomic E-state index is -0.0504. The molecule has 0 amide bonds. The lowest BCUT2D eigenvalue weighted by Gasteiger charge is -2.18. The van der Waals surface area contributed by atoms with Gasteiger partial charge in [0.05, 0.1) is 0 Å². The van der Waals surface area contributed by atoms with Gasteiger partial charge in [-0.3, -0.25) is 4.79 Å². The van der Waals surface area contributed by atoms with E-state index < -0.39 is 0 Å². The quantitative estimate of drug-likeness (QED) is 0.797. The summed E-state index contributed by atoms with van der Waals surface area (Å²) in [6, 6.07) is 13.9. The normalized spacial score (nSPS) is 10.8. The summed E-state index contributed by atoms with van der Waals surface area (Å²) in [5.41, 5.74) is 1.99. The highest BCUT2D eigenvalue weighted by Crippen LogP contribution is 2.31. The van der Waals surface area contributed by atoms with Gasteiger partial charge in [0.25, 0.3) is 0 Å². The second kappa shape index (κ2) is 7.64. The van der Waals surface area contributed by atoms with E-state index in [4.69, 9.17) is 0 Å². The molecule has 3 heteroatoms. The number of carbonyl (C=O) groups is 1. The Labute approximate surface area is 131 Å². The van der Waals surface area contributed by atoms with Gasteiger partial charge in [-0.1, -0.05) is 37.6 Å². The summed E-state index contributed by atoms with van der Waals surface area (Å²) in [7, 11) is 0. The first kappa shape index (κ1) is 16.1. The maximum atomic E-state index is 12.2. The molecule has 0 radical (unpaired) electrons. The number of unbranched alkanes of at least 4 members (excludes halogenated alkanes) is 1. The minimum Gasteiger partial charge on any atom is -0.508 e. The van der Waals surface area contributed by atoms with Crippen molar-refractivity contribution in [2.45, 2.75) is 38.5 Å². The van der Waals surface area contributed by atoms with Crippen molar-refractivity contribution in [1.29, 1.82) is 0 Å². The summed E-state index contributed by atoms with van der Waals surface area (Å²) < 4.78 is 0. The summed E-state index contributed by atoms with van der Waals surface area (Å²) in [6.45, 7) is 2.07. The number of phenolic OH excluding ortho intramolecular Hbond substituents is 2. The molecule has 0 saturated carbocycles. The molecule has 2 rings (SSSR count). The molecule has 0 unspecified atom stereocenters. The Balaban J connectivity index is 2.25. The molecule has 2 N–H and O–H groups in total. The van der Waals surface area contributed by atoms with Gasteiger partial charge in [-0.15, -0.1) is 0 Å². The molecular weight excluding hydrogens is 276 g/mol. The average molecular weight is 298 g/mol. The molecular formula is C19H22O3. The van der Waals surface area contributed by atoms with E-state index in [0.29, 0.717) is 12.8 Å². The van der Waals surface area contributed by atoms with Crippen molar-refractivity contribution in [2.24, 2.45) is 0 Å². The Morgan fingerprint density at radius 1 is 0.909 bits per heavy atom. The van der Waals surface area contributed by atoms with E-state index in [1.165, 1.54) is 0 Å². The summed E-state index contributed by atoms with van der Waals surface area (Å²) in [5, 5.41) is 18.9. The molecule has 0 heterocycles. The molecule has 0 aliphatic rings. The third-order valence-electron chi connectivity index (χ3n) is 3.83. The summed E-state index contributed by atoms with van der Waals surface area (Å²) >= 11 is 0. The van der Waals surface area contributed by atoms with Crippen LogP contribution in [0.15, 0.2) is 48.5 Å². The first-order valence-corrected chi connectivity index (χ1v) is 7.69. The number of Topliss-reactive ketones (excluding diaryl/α,β-unsaturated/α-hetero) is 1. The third kappa shape index (κ3) is 4.35. The number of hydrogen-bond donors (Lipinski definition) is 2. The first-order chi connectivity index (χ1) is 10.6. The Hall–Kier alpha value is -2.29. The van der Waals surface area contributed by atoms with Gasteiger partial charge in [-0.2, -0.15) is 0 Å². The van der Waals surface area contributed by atoms with Crippen LogP contribution in [0.2, 0.25) is 0 Å². The second-order valence-corrected chi connectivity index (χ2v) is 5.58. The Bertz CT molecular complexity index is 554. The van der Waals surface area contributed by atoms with Crippen molar-refractivity contribution >= 4 is 5.78 Å². The molecule has 0 aliphatic carbocycles. The highest BCUT2D eigenvalue weighted by molar-refractivity contribution is 5.79. The molecule has 3 nitrogen and oxygen atoms in total. The van der Waals surface area contributed by atoms with Crippen LogP contribution in [0.1, 0.15) is 49.7 Å². The van der Waals surface area contributed by atoms with Gasteiger partial charge >= 0.3 is 0 Å². The van der Waals surface area contributed by atoms with Crippen molar-refractivity contribution in [3.63, 3.8) is 0 Å². The van der Waals surface area contributed by atoms with Gasteiger partial charge < -0.3 is 10.2 Å². The van der Waals surface area contributed by atoms with Crippen LogP contribution in [0.25, 0.3) is 0 Å². The fourth-order valence-corrected chi connectivity index (χ4v) is 2.55. The maximum absolute atomic E-state index is 12.2. The van der Waals surface area contributed by atoms with E-state index in [9.17, 15) is 15.0 Å². The molecule has 116 valence electrons. The minimum absolute atomic E-state index is 0.0504. The van der Waals surface area contributed by atoms with Crippen molar-refractivity contribution in [3.8, 4) is 11.5 Å². The number of hydrogen-bond acceptors (Lipinski definition) is 3. The number of phenols is 2. The van der Waals surface area contributed by atoms with Crippen LogP contribution in [0.3, 0.4) is 0 Å². The van der Waals surface area contributed by atoms with Crippen molar-refractivity contribution in [1.82, 2.24) is 0 Å². The molecule has 0 aromatic heterocycles. The standard InChI is InChI=1S/C19H22O3/c1-2-3-4-18(22)13-19(14-5-9-16(20)10-6-14)15-7-11-17(21)12-8-15/h5-12,19-21H,2-4,13H2,1H3. The van der Waals surface area contributed by atoms with Crippen LogP contribution < -0.4 is 0 Å². The van der Waals surface area contributed by atoms with E-state index >= 15 is 0 Å². The van der Waals surface area contributed by atoms with E-state index in [1.54, 1.807) is 24.3 Å². The van der Waals surface area contributed by atoms with Crippen LogP contribution >= 0.6 is 0 Å². The number of aromatic hydroxyl groups is 2. The molecule has 0 aliphatic heterocycles. The fourth-order valence-electron chi connectivity index (χ4n) is 2.55. The van der Waals surface area contributed by atoms with Crippen molar-refractivity contribution < 1.29 is 15.0 Å². The number of ketones is 1. The molecule has 0 bridgehead atoms. The molecule has 22 heavy (non-hydrogen) atoms. The third-order valence-corrected chi connectivity index (χ3v) is 3.83. The zero-order valence-electron chi connectivity index (χ0n) is 12.8. The zero-order chi connectivity index (χ0) is 15.9. The summed E-state index contributed by atoms with van der Waals surface area (Å²) in [5.74, 6) is 0.620. The van der Waals surface area contributed by atoms with Crippen LogP contribution in [0.5, 0.6) is 11.5 Å². The van der Waals surface area contributed by atoms with E-state index in [1.807, 2.05) is 24.3 Å². The van der Waals surface area contributed by atoms with Gasteiger partial charge in [0, 0.05) is 18.8 Å². The largest absolute Gasteiger partial charge is 0.508 e. The van der Waals surface area contributed by atoms with Crippen LogP contribution in [0, 0.1) is 0 Å². The van der Waals surface area contributed by atoms with Crippen LogP contribution in [-0.2, 0) is 4.79 Å². The van der Waals surface area contributed by atoms with Crippen molar-refractivity contribution in [3.05, 3.63) is 59.7 Å². The molecule has 0 spiro atoms. The molecule has 2 aromatic rings. The Kier molecular flexibility index (Phi) is 5.59. The van der Waals surface area contributed by atoms with Gasteiger partial charge in [-0.25, -0.2) is 0 Å². The molecule has 2 aromatic carbocycles. The lowest BCUT2D eigenvalue weighted by atomic mass is 9.86. The predicted octanol–water partition coefficient (Wildman–Crippen LogP) is 4.38. The highest BCUT2D eigenvalue weighted by Gasteiger charge is 2.18. The average Bonchev–Trinajstić information content (AvgIpc) is 2.52. The lowest BCUT2D eigenvalue weighted by molar-refractivity contribution is -0.119. The predicted molar refractivity (Wildman–Crippen MR) is 87.2 cm³/mol. The lowest BCUT2D eigenvalue weighted by Crippen LogP contribution is -2.08. The van der Waals surface area contributed by atoms with Gasteiger partial charge in [0.2, 0.25) is 0 Å². The Morgan fingerprint density at radius 3 is 1.77 bits per heavy atom. The number of rotatable bonds is 7. The maximum Gasteiger partial charge on any atom is 0.133 e. The smallest absolute Gasteiger partial charge is 0.133 e. The Morgan fingerprint density at radius 2 is 1.36 bits per heavy atom. The first-order valence-electron chi connectivity index (χ1n) is 7.69. The van der Waals surface area contributed by atoms with Gasteiger partial charge in [-0.05, 0) is 41.8 Å². The number of benzene rings is 2. The van der Waals surface area contributed by atoms with Crippen LogP contribution in [0.4, 0.5) is 0 Å². The second-order valence-electron chi connectivity index (χ2n) is 5.58. The van der Waals surface area contributed by atoms with Gasteiger partial charge in [0.15, 0.2) is 0 Å². The van der Waals surface area contributed by atoms with E-state index in [0.717, 1.165) is 24.0 Å². The summed E-state index contributed by atoms with van der Waals surface area (Å²) in [4.78, 5) is 12.2. The highest BCUT2D eigenvalue weighted by atomic mass is 16.3. The zero-order valence-corrected chi connectivity index (χ0v) is 12.8. The van der Waals surface area contributed by atoms with Crippen LogP contribution in [-0.4, -0.2) is 16.0 Å². The number of carbonyl (C=O) groups excluding carboxylic acids is 1. The molecule has 0 atom stereocenters. The summed E-state index contributed by atoms with van der Waals surface area (Å²) in [6.07, 6.45) is 2.96. The molecule has 0 fully saturated rings. The van der Waals surface area contributed by atoms with E-state index in [-0.39, 0.29) is 23.2 Å². The van der Waals surface area contributed by atoms with Crippen molar-refractivity contribution in [2.75, 3.05) is 0 Å². The monoisotopic (exact) mass is 298 g/mol. The topological polar surface area (TPSA) is 57.5 Å².